The SMILES string of the molecule is C=CC=COC(=O)c1ccc([S][Sb]([S]c2ccc(C(=O)OC=CC=C)cc2)[S]c2ccc(C(=O)OC=CC=C)cc2)cc1. The van der Waals surface area contributed by atoms with Crippen LogP contribution >= 0.6 is 26.5 Å². The van der Waals surface area contributed by atoms with Crippen molar-refractivity contribution in [2.24, 2.45) is 0 Å². The van der Waals surface area contributed by atoms with Gasteiger partial charge in [-0.05, 0) is 0 Å². The van der Waals surface area contributed by atoms with Crippen molar-refractivity contribution >= 4 is 60.5 Å². The Bertz CT molecular complexity index is 1330. The van der Waals surface area contributed by atoms with Gasteiger partial charge in [-0.15, -0.1) is 0 Å². The topological polar surface area (TPSA) is 78.9 Å². The number of esters is 3. The van der Waals surface area contributed by atoms with Crippen LogP contribution in [0.4, 0.5) is 0 Å². The maximum atomic E-state index is 12.2. The van der Waals surface area contributed by atoms with Crippen LogP contribution in [0.15, 0.2) is 162 Å². The predicted octanol–water partition coefficient (Wildman–Crippen LogP) is 8.92. The molecule has 0 amide bonds. The third kappa shape index (κ3) is 11.9. The van der Waals surface area contributed by atoms with Crippen LogP contribution in [0.5, 0.6) is 0 Å². The molecule has 0 aliphatic rings. The zero-order valence-electron chi connectivity index (χ0n) is 22.9. The molecule has 0 radical (unpaired) electrons. The van der Waals surface area contributed by atoms with E-state index in [1.165, 1.54) is 37.0 Å². The van der Waals surface area contributed by atoms with Gasteiger partial charge in [-0.1, -0.05) is 0 Å². The number of carbonyl (C=O) groups is 3. The second kappa shape index (κ2) is 18.8. The molecule has 0 saturated heterocycles. The summed E-state index contributed by atoms with van der Waals surface area (Å²) in [6.07, 6.45) is 13.1. The van der Waals surface area contributed by atoms with E-state index in [1.54, 1.807) is 81.2 Å². The molecule has 0 aliphatic carbocycles. The minimum absolute atomic E-state index is 0.442. The summed E-state index contributed by atoms with van der Waals surface area (Å²) in [7, 11) is 5.33. The zero-order valence-corrected chi connectivity index (χ0v) is 27.9. The quantitative estimate of drug-likeness (QED) is 0.0500. The second-order valence-corrected chi connectivity index (χ2v) is 27.9. The van der Waals surface area contributed by atoms with Crippen LogP contribution in [0.1, 0.15) is 31.1 Å². The van der Waals surface area contributed by atoms with Crippen molar-refractivity contribution in [2.45, 2.75) is 14.7 Å². The van der Waals surface area contributed by atoms with Crippen LogP contribution in [0.25, 0.3) is 0 Å². The fraction of sp³-hybridized carbons (Fsp3) is 0. The maximum absolute atomic E-state index is 12.2. The van der Waals surface area contributed by atoms with Crippen LogP contribution < -0.4 is 0 Å². The number of allylic oxidation sites excluding steroid dienone is 6. The Hall–Kier alpha value is -3.62. The monoisotopic (exact) mass is 736 g/mol. The predicted molar refractivity (Wildman–Crippen MR) is 177 cm³/mol. The molecule has 0 bridgehead atoms. The number of benzene rings is 3. The Morgan fingerprint density at radius 2 is 0.744 bits per heavy atom. The average Bonchev–Trinajstić information content (AvgIpc) is 3.02. The van der Waals surface area contributed by atoms with Gasteiger partial charge in [0.05, 0.1) is 0 Å². The van der Waals surface area contributed by atoms with Gasteiger partial charge in [0.1, 0.15) is 0 Å². The van der Waals surface area contributed by atoms with Crippen molar-refractivity contribution < 1.29 is 28.6 Å². The van der Waals surface area contributed by atoms with Crippen molar-refractivity contribution in [1.82, 2.24) is 0 Å². The van der Waals surface area contributed by atoms with Crippen LogP contribution in [-0.2, 0) is 14.2 Å². The average molecular weight is 738 g/mol. The summed E-state index contributed by atoms with van der Waals surface area (Å²) in [5, 5.41) is 0. The van der Waals surface area contributed by atoms with Gasteiger partial charge < -0.3 is 0 Å². The number of hydrogen-bond acceptors (Lipinski definition) is 9. The first-order chi connectivity index (χ1) is 20.9. The normalized spacial score (nSPS) is 11.1. The van der Waals surface area contributed by atoms with Gasteiger partial charge in [0.25, 0.3) is 0 Å². The van der Waals surface area contributed by atoms with Crippen molar-refractivity contribution in [2.75, 3.05) is 0 Å². The molecule has 3 rings (SSSR count). The van der Waals surface area contributed by atoms with Gasteiger partial charge in [0, 0.05) is 0 Å². The fourth-order valence-corrected chi connectivity index (χ4v) is 25.5. The summed E-state index contributed by atoms with van der Waals surface area (Å²) in [5.41, 5.74) is 1.33. The Labute approximate surface area is 266 Å². The Morgan fingerprint density at radius 3 is 0.977 bits per heavy atom. The second-order valence-electron chi connectivity index (χ2n) is 7.98. The zero-order chi connectivity index (χ0) is 30.9. The third-order valence-electron chi connectivity index (χ3n) is 4.98. The summed E-state index contributed by atoms with van der Waals surface area (Å²) in [6.45, 7) is 10.6. The van der Waals surface area contributed by atoms with E-state index in [1.807, 2.05) is 36.4 Å². The molecule has 0 fully saturated rings. The van der Waals surface area contributed by atoms with Crippen molar-refractivity contribution in [3.63, 3.8) is 0 Å². The molecule has 10 heteroatoms. The van der Waals surface area contributed by atoms with E-state index in [9.17, 15) is 14.4 Å². The molecule has 43 heavy (non-hydrogen) atoms. The first-order valence-corrected chi connectivity index (χ1v) is 24.2. The molecule has 0 aliphatic heterocycles. The first kappa shape index (κ1) is 33.9. The van der Waals surface area contributed by atoms with Crippen molar-refractivity contribution in [3.05, 3.63) is 164 Å². The van der Waals surface area contributed by atoms with E-state index in [0.29, 0.717) is 16.7 Å². The van der Waals surface area contributed by atoms with Gasteiger partial charge in [-0.2, -0.15) is 0 Å². The molecule has 0 aromatic heterocycles. The molecule has 0 atom stereocenters. The van der Waals surface area contributed by atoms with Gasteiger partial charge in [0.2, 0.25) is 0 Å². The molecule has 0 spiro atoms. The molecule has 0 N–H and O–H groups in total. The number of carbonyl (C=O) groups excluding carboxylic acids is 3. The van der Waals surface area contributed by atoms with Gasteiger partial charge in [-0.3, -0.25) is 0 Å². The van der Waals surface area contributed by atoms with Gasteiger partial charge in [-0.25, -0.2) is 0 Å². The molecule has 3 aromatic carbocycles. The van der Waals surface area contributed by atoms with Gasteiger partial charge >= 0.3 is 268 Å². The molecule has 6 nitrogen and oxygen atoms in total. The Morgan fingerprint density at radius 1 is 0.488 bits per heavy atom. The van der Waals surface area contributed by atoms with Crippen molar-refractivity contribution in [3.8, 4) is 0 Å². The van der Waals surface area contributed by atoms with Crippen molar-refractivity contribution in [1.29, 1.82) is 0 Å². The number of hydrogen-bond donors (Lipinski definition) is 0. The van der Waals surface area contributed by atoms with E-state index in [-0.39, 0.29) is 0 Å². The molecule has 0 unspecified atom stereocenters. The Kier molecular flexibility index (Phi) is 14.8. The summed E-state index contributed by atoms with van der Waals surface area (Å²) in [5.74, 6) is -1.35. The van der Waals surface area contributed by atoms with Crippen LogP contribution in [-0.4, -0.2) is 33.9 Å². The summed E-state index contributed by atoms with van der Waals surface area (Å²) < 4.78 is 15.2. The fourth-order valence-electron chi connectivity index (χ4n) is 2.94. The van der Waals surface area contributed by atoms with E-state index in [4.69, 9.17) is 14.2 Å². The van der Waals surface area contributed by atoms with E-state index in [2.05, 4.69) is 19.7 Å². The minimum atomic E-state index is -2.31. The van der Waals surface area contributed by atoms with Crippen LogP contribution in [0.2, 0.25) is 0 Å². The third-order valence-corrected chi connectivity index (χ3v) is 25.1. The molecule has 0 heterocycles. The van der Waals surface area contributed by atoms with Crippen LogP contribution in [0.3, 0.4) is 0 Å². The molecular formula is C33H27O6S3Sb. The van der Waals surface area contributed by atoms with Gasteiger partial charge in [0.15, 0.2) is 0 Å². The number of ether oxygens (including phenoxy) is 3. The summed E-state index contributed by atoms with van der Waals surface area (Å²) in [6, 6.07) is 21.9. The first-order valence-electron chi connectivity index (χ1n) is 12.5. The Balaban J connectivity index is 1.76. The van der Waals surface area contributed by atoms with E-state index < -0.39 is 33.9 Å². The summed E-state index contributed by atoms with van der Waals surface area (Å²) in [4.78, 5) is 39.8. The number of rotatable bonds is 15. The molecule has 0 saturated carbocycles. The standard InChI is InChI=1S/3C11H10O2S.Sb/c3*1-2-3-8-13-11(12)9-4-6-10(14)7-5-9;/h3*2-8,14H,1H2;/q;;;+3/p-3. The molecule has 3 aromatic rings. The molecule has 218 valence electrons. The van der Waals surface area contributed by atoms with Crippen LogP contribution in [0, 0.1) is 0 Å². The van der Waals surface area contributed by atoms with E-state index in [0.717, 1.165) is 14.7 Å². The molecular weight excluding hydrogens is 710 g/mol. The summed E-state index contributed by atoms with van der Waals surface area (Å²) >= 11 is -2.31. The van der Waals surface area contributed by atoms with E-state index >= 15 is 0 Å².